The van der Waals surface area contributed by atoms with Crippen molar-refractivity contribution in [2.45, 2.75) is 37.9 Å². The number of piperidine rings is 1. The Bertz CT molecular complexity index is 1140. The van der Waals surface area contributed by atoms with E-state index in [4.69, 9.17) is 4.74 Å². The number of aromatic nitrogens is 4. The molecule has 1 aliphatic rings. The molecule has 180 valence electrons. The number of carbonyl (C=O) groups is 1. The van der Waals surface area contributed by atoms with Gasteiger partial charge in [-0.25, -0.2) is 9.18 Å². The predicted molar refractivity (Wildman–Crippen MR) is 113 cm³/mol. The lowest BCUT2D eigenvalue weighted by molar-refractivity contribution is -0.140. The summed E-state index contributed by atoms with van der Waals surface area (Å²) in [5.41, 5.74) is -0.803. The first-order chi connectivity index (χ1) is 16.2. The van der Waals surface area contributed by atoms with Crippen molar-refractivity contribution < 1.29 is 27.1 Å². The van der Waals surface area contributed by atoms with Gasteiger partial charge in [0.1, 0.15) is 5.82 Å². The quantitative estimate of drug-likeness (QED) is 0.509. The van der Waals surface area contributed by atoms with Crippen LogP contribution in [0.25, 0.3) is 0 Å². The van der Waals surface area contributed by atoms with Crippen molar-refractivity contribution in [1.82, 2.24) is 25.1 Å². The normalized spacial score (nSPS) is 15.9. The molecule has 2 heterocycles. The average Bonchev–Trinajstić information content (AvgIpc) is 3.29. The van der Waals surface area contributed by atoms with Crippen LogP contribution in [0.3, 0.4) is 0 Å². The predicted octanol–water partition coefficient (Wildman–Crippen LogP) is 4.42. The highest BCUT2D eigenvalue weighted by Crippen LogP contribution is 2.40. The summed E-state index contributed by atoms with van der Waals surface area (Å²) in [6.45, 7) is 2.78. The SMILES string of the molecule is CCOC(=O)N1CCC(c2ccccc2)(c2nnn(Cc3ccc(F)c(C(F)(F)F)c3)n2)CC1. The van der Waals surface area contributed by atoms with E-state index in [9.17, 15) is 22.4 Å². The van der Waals surface area contributed by atoms with Gasteiger partial charge in [-0.1, -0.05) is 36.4 Å². The van der Waals surface area contributed by atoms with Crippen LogP contribution in [-0.2, 0) is 22.9 Å². The molecule has 4 rings (SSSR count). The Morgan fingerprint density at radius 3 is 2.47 bits per heavy atom. The highest BCUT2D eigenvalue weighted by molar-refractivity contribution is 5.67. The molecule has 1 fully saturated rings. The van der Waals surface area contributed by atoms with Crippen LogP contribution in [0.1, 0.15) is 42.3 Å². The van der Waals surface area contributed by atoms with Crippen LogP contribution in [-0.4, -0.2) is 50.9 Å². The first-order valence-electron chi connectivity index (χ1n) is 10.8. The number of halogens is 4. The zero-order chi connectivity index (χ0) is 24.3. The molecule has 0 N–H and O–H groups in total. The summed E-state index contributed by atoms with van der Waals surface area (Å²) in [5, 5.41) is 12.8. The van der Waals surface area contributed by atoms with Crippen molar-refractivity contribution in [3.05, 3.63) is 76.9 Å². The van der Waals surface area contributed by atoms with Gasteiger partial charge in [0.15, 0.2) is 5.82 Å². The Kier molecular flexibility index (Phi) is 6.54. The minimum Gasteiger partial charge on any atom is -0.450 e. The summed E-state index contributed by atoms with van der Waals surface area (Å²) in [5.74, 6) is -0.916. The van der Waals surface area contributed by atoms with Gasteiger partial charge in [-0.15, -0.1) is 10.2 Å². The zero-order valence-corrected chi connectivity index (χ0v) is 18.4. The Hall–Kier alpha value is -3.50. The van der Waals surface area contributed by atoms with Crippen LogP contribution < -0.4 is 0 Å². The second kappa shape index (κ2) is 9.40. The minimum atomic E-state index is -4.80. The number of ether oxygens (including phenoxy) is 1. The van der Waals surface area contributed by atoms with E-state index >= 15 is 0 Å². The number of benzene rings is 2. The molecule has 1 aromatic heterocycles. The highest BCUT2D eigenvalue weighted by atomic mass is 19.4. The van der Waals surface area contributed by atoms with E-state index in [2.05, 4.69) is 15.4 Å². The molecule has 2 aromatic carbocycles. The van der Waals surface area contributed by atoms with Crippen LogP contribution in [0.5, 0.6) is 0 Å². The molecule has 0 aliphatic carbocycles. The van der Waals surface area contributed by atoms with Crippen molar-refractivity contribution in [1.29, 1.82) is 0 Å². The summed E-state index contributed by atoms with van der Waals surface area (Å²) in [6.07, 6.45) is -4.13. The van der Waals surface area contributed by atoms with E-state index in [0.717, 1.165) is 17.7 Å². The summed E-state index contributed by atoms with van der Waals surface area (Å²) in [6, 6.07) is 12.4. The molecule has 11 heteroatoms. The van der Waals surface area contributed by atoms with Gasteiger partial charge in [0.05, 0.1) is 24.1 Å². The Morgan fingerprint density at radius 1 is 1.12 bits per heavy atom. The van der Waals surface area contributed by atoms with Gasteiger partial charge in [-0.2, -0.15) is 18.0 Å². The van der Waals surface area contributed by atoms with E-state index < -0.39 is 23.0 Å². The van der Waals surface area contributed by atoms with E-state index in [0.29, 0.717) is 31.8 Å². The van der Waals surface area contributed by atoms with Crippen LogP contribution >= 0.6 is 0 Å². The van der Waals surface area contributed by atoms with Crippen LogP contribution in [0.15, 0.2) is 48.5 Å². The van der Waals surface area contributed by atoms with Crippen LogP contribution in [0, 0.1) is 5.82 Å². The van der Waals surface area contributed by atoms with Crippen molar-refractivity contribution in [2.24, 2.45) is 0 Å². The van der Waals surface area contributed by atoms with Crippen LogP contribution in [0.2, 0.25) is 0 Å². The van der Waals surface area contributed by atoms with E-state index in [1.807, 2.05) is 30.3 Å². The number of nitrogens with zero attached hydrogens (tertiary/aromatic N) is 5. The largest absolute Gasteiger partial charge is 0.450 e. The molecule has 1 aliphatic heterocycles. The van der Waals surface area contributed by atoms with Gasteiger partial charge in [0, 0.05) is 13.1 Å². The molecule has 0 unspecified atom stereocenters. The smallest absolute Gasteiger partial charge is 0.419 e. The second-order valence-corrected chi connectivity index (χ2v) is 8.09. The molecule has 7 nitrogen and oxygen atoms in total. The lowest BCUT2D eigenvalue weighted by atomic mass is 9.72. The number of alkyl halides is 3. The fraction of sp³-hybridized carbons (Fsp3) is 0.391. The topological polar surface area (TPSA) is 73.1 Å². The summed E-state index contributed by atoms with van der Waals surface area (Å²) in [4.78, 5) is 15.0. The number of hydrogen-bond donors (Lipinski definition) is 0. The first kappa shape index (κ1) is 23.7. The number of carbonyl (C=O) groups excluding carboxylic acids is 1. The van der Waals surface area contributed by atoms with Crippen LogP contribution in [0.4, 0.5) is 22.4 Å². The first-order valence-corrected chi connectivity index (χ1v) is 10.8. The van der Waals surface area contributed by atoms with Crippen molar-refractivity contribution in [2.75, 3.05) is 19.7 Å². The number of hydrogen-bond acceptors (Lipinski definition) is 5. The Labute approximate surface area is 193 Å². The molecule has 0 bridgehead atoms. The van der Waals surface area contributed by atoms with E-state index in [1.165, 1.54) is 10.9 Å². The minimum absolute atomic E-state index is 0.101. The third kappa shape index (κ3) is 4.73. The average molecular weight is 477 g/mol. The maximum atomic E-state index is 13.6. The number of likely N-dealkylation sites (tertiary alicyclic amines) is 1. The molecular weight excluding hydrogens is 454 g/mol. The van der Waals surface area contributed by atoms with Gasteiger partial charge < -0.3 is 9.64 Å². The van der Waals surface area contributed by atoms with Crippen molar-refractivity contribution >= 4 is 6.09 Å². The van der Waals surface area contributed by atoms with Gasteiger partial charge >= 0.3 is 12.3 Å². The zero-order valence-electron chi connectivity index (χ0n) is 18.4. The fourth-order valence-electron chi connectivity index (χ4n) is 4.24. The van der Waals surface area contributed by atoms with E-state index in [-0.39, 0.29) is 24.8 Å². The third-order valence-electron chi connectivity index (χ3n) is 6.01. The molecule has 1 amide bonds. The Morgan fingerprint density at radius 2 is 1.82 bits per heavy atom. The third-order valence-corrected chi connectivity index (χ3v) is 6.01. The Balaban J connectivity index is 1.61. The molecular formula is C23H23F4N5O2. The lowest BCUT2D eigenvalue weighted by Crippen LogP contribution is -2.46. The van der Waals surface area contributed by atoms with Gasteiger partial charge in [0.2, 0.25) is 0 Å². The number of tetrazole rings is 1. The lowest BCUT2D eigenvalue weighted by Gasteiger charge is -2.39. The second-order valence-electron chi connectivity index (χ2n) is 8.09. The maximum Gasteiger partial charge on any atom is 0.419 e. The molecule has 1 saturated heterocycles. The van der Waals surface area contributed by atoms with Gasteiger partial charge in [0.25, 0.3) is 0 Å². The number of rotatable bonds is 5. The summed E-state index contributed by atoms with van der Waals surface area (Å²) in [7, 11) is 0. The van der Waals surface area contributed by atoms with Crippen molar-refractivity contribution in [3.63, 3.8) is 0 Å². The summed E-state index contributed by atoms with van der Waals surface area (Å²) >= 11 is 0. The van der Waals surface area contributed by atoms with Gasteiger partial charge in [-0.05, 0) is 48.2 Å². The molecule has 0 saturated carbocycles. The fourth-order valence-corrected chi connectivity index (χ4v) is 4.24. The molecule has 3 aromatic rings. The standard InChI is InChI=1S/C23H23F4N5O2/c1-2-34-21(33)31-12-10-22(11-13-31,17-6-4-3-5-7-17)20-28-30-32(29-20)15-16-8-9-19(24)18(14-16)23(25,26)27/h3-9,14H,2,10-13,15H2,1H3. The molecule has 0 atom stereocenters. The highest BCUT2D eigenvalue weighted by Gasteiger charge is 2.43. The summed E-state index contributed by atoms with van der Waals surface area (Å²) < 4.78 is 57.9. The molecule has 34 heavy (non-hydrogen) atoms. The van der Waals surface area contributed by atoms with Gasteiger partial charge in [-0.3, -0.25) is 0 Å². The number of amides is 1. The molecule has 0 spiro atoms. The van der Waals surface area contributed by atoms with Crippen molar-refractivity contribution in [3.8, 4) is 0 Å². The maximum absolute atomic E-state index is 13.6. The molecule has 0 radical (unpaired) electrons. The van der Waals surface area contributed by atoms with E-state index in [1.54, 1.807) is 11.8 Å². The monoisotopic (exact) mass is 477 g/mol.